The summed E-state index contributed by atoms with van der Waals surface area (Å²) >= 11 is 8.81. The average Bonchev–Trinajstić information content (AvgIpc) is 2.34. The Balaban J connectivity index is 5.89. The van der Waals surface area contributed by atoms with Crippen molar-refractivity contribution in [2.45, 2.75) is 48.3 Å². The lowest BCUT2D eigenvalue weighted by Crippen LogP contribution is -2.69. The minimum absolute atomic E-state index is 2.75. The predicted octanol–water partition coefficient (Wildman–Crippen LogP) is 5.74. The minimum Gasteiger partial charge on any atom is -0.202 e. The fourth-order valence-electron chi connectivity index (χ4n) is 1.23. The molecule has 0 amide bonds. The van der Waals surface area contributed by atoms with Crippen molar-refractivity contribution in [3.63, 3.8) is 0 Å². The Labute approximate surface area is 135 Å². The lowest BCUT2D eigenvalue weighted by atomic mass is 9.95. The van der Waals surface area contributed by atoms with Gasteiger partial charge in [-0.25, -0.2) is 8.78 Å². The van der Waals surface area contributed by atoms with Gasteiger partial charge in [0.15, 0.2) is 0 Å². The van der Waals surface area contributed by atoms with Crippen LogP contribution in [-0.4, -0.2) is 42.8 Å². The van der Waals surface area contributed by atoms with Crippen LogP contribution >= 0.6 is 22.2 Å². The van der Waals surface area contributed by atoms with Gasteiger partial charge in [0.2, 0.25) is 0 Å². The zero-order valence-electron chi connectivity index (χ0n) is 10.7. The first-order chi connectivity index (χ1) is 10.2. The van der Waals surface area contributed by atoms with Gasteiger partial charge in [0.05, 0.1) is 0 Å². The first-order valence-corrected chi connectivity index (χ1v) is 9.46. The van der Waals surface area contributed by atoms with Crippen molar-refractivity contribution in [2.24, 2.45) is 0 Å². The molecule has 24 heavy (non-hydrogen) atoms. The van der Waals surface area contributed by atoms with E-state index in [2.05, 4.69) is 22.2 Å². The number of alkyl halides is 13. The maximum atomic E-state index is 13.1. The summed E-state index contributed by atoms with van der Waals surface area (Å²) < 4.78 is 166. The molecule has 0 N–H and O–H groups in total. The van der Waals surface area contributed by atoms with Crippen molar-refractivity contribution in [2.75, 3.05) is 0 Å². The van der Waals surface area contributed by atoms with Crippen molar-refractivity contribution in [1.29, 1.82) is 0 Å². The van der Waals surface area contributed by atoms with E-state index in [4.69, 9.17) is 0 Å². The molecule has 0 bridgehead atoms. The maximum absolute atomic E-state index is 13.1. The quantitative estimate of drug-likeness (QED) is 0.265. The first kappa shape index (κ1) is 23.9. The summed E-state index contributed by atoms with van der Waals surface area (Å²) in [7, 11) is -5.15. The highest BCUT2D eigenvalue weighted by Crippen LogP contribution is 2.59. The Kier molecular flexibility index (Phi) is 6.53. The standard InChI is InChI=1S/C8H5Cl2F13Si/c9-24(10)8(22,23)7(20,21)6(18,19)5(16,17)3(11,12)1-2-4(13,14)15/h24H,1-2H2. The molecule has 0 aliphatic rings. The molecular formula is C8H5Cl2F13Si. The summed E-state index contributed by atoms with van der Waals surface area (Å²) in [5.41, 5.74) is -6.16. The molecule has 0 unspecified atom stereocenters. The van der Waals surface area contributed by atoms with Crippen LogP contribution in [0.3, 0.4) is 0 Å². The largest absolute Gasteiger partial charge is 0.389 e. The molecule has 0 radical (unpaired) electrons. The molecule has 0 rings (SSSR count). The van der Waals surface area contributed by atoms with Crippen LogP contribution in [0.5, 0.6) is 0 Å². The van der Waals surface area contributed by atoms with E-state index < -0.39 is 55.7 Å². The second-order valence-electron chi connectivity index (χ2n) is 4.47. The van der Waals surface area contributed by atoms with Crippen LogP contribution in [0, 0.1) is 0 Å². The van der Waals surface area contributed by atoms with E-state index in [1.807, 2.05) is 0 Å². The third-order valence-electron chi connectivity index (χ3n) is 2.66. The minimum atomic E-state index is -7.45. The van der Waals surface area contributed by atoms with Crippen molar-refractivity contribution < 1.29 is 57.1 Å². The molecule has 146 valence electrons. The topological polar surface area (TPSA) is 0 Å². The molecule has 0 aromatic carbocycles. The van der Waals surface area contributed by atoms with Gasteiger partial charge in [0.1, 0.15) is 0 Å². The second kappa shape index (κ2) is 6.56. The highest BCUT2D eigenvalue weighted by molar-refractivity contribution is 7.34. The van der Waals surface area contributed by atoms with Gasteiger partial charge in [-0.15, -0.1) is 22.2 Å². The predicted molar refractivity (Wildman–Crippen MR) is 58.9 cm³/mol. The van der Waals surface area contributed by atoms with E-state index in [0.29, 0.717) is 0 Å². The molecule has 16 heteroatoms. The van der Waals surface area contributed by atoms with Crippen LogP contribution in [0.15, 0.2) is 0 Å². The van der Waals surface area contributed by atoms with Gasteiger partial charge >= 0.3 is 42.8 Å². The summed E-state index contributed by atoms with van der Waals surface area (Å²) in [5, 5.41) is 0. The van der Waals surface area contributed by atoms with Crippen LogP contribution in [0.4, 0.5) is 57.1 Å². The summed E-state index contributed by atoms with van der Waals surface area (Å²) in [6, 6.07) is 0. The third kappa shape index (κ3) is 4.00. The van der Waals surface area contributed by atoms with Gasteiger partial charge in [0, 0.05) is 12.8 Å². The van der Waals surface area contributed by atoms with E-state index in [1.54, 1.807) is 0 Å². The smallest absolute Gasteiger partial charge is 0.202 e. The zero-order chi connectivity index (χ0) is 20.0. The highest BCUT2D eigenvalue weighted by Gasteiger charge is 2.86. The molecule has 0 atom stereocenters. The van der Waals surface area contributed by atoms with E-state index >= 15 is 0 Å². The Hall–Kier alpha value is -0.113. The van der Waals surface area contributed by atoms with Gasteiger partial charge in [-0.05, 0) is 0 Å². The van der Waals surface area contributed by atoms with E-state index in [0.717, 1.165) is 0 Å². The molecule has 0 saturated heterocycles. The van der Waals surface area contributed by atoms with Crippen LogP contribution in [0.2, 0.25) is 0 Å². The van der Waals surface area contributed by atoms with Gasteiger partial charge in [0.25, 0.3) is 0 Å². The Morgan fingerprint density at radius 2 is 0.917 bits per heavy atom. The molecule has 0 aromatic rings. The van der Waals surface area contributed by atoms with Gasteiger partial charge in [-0.2, -0.15) is 48.3 Å². The Morgan fingerprint density at radius 1 is 0.542 bits per heavy atom. The van der Waals surface area contributed by atoms with E-state index in [-0.39, 0.29) is 0 Å². The summed E-state index contributed by atoms with van der Waals surface area (Å²) in [6.07, 6.45) is -11.3. The molecule has 0 aromatic heterocycles. The van der Waals surface area contributed by atoms with Gasteiger partial charge in [-0.3, -0.25) is 0 Å². The van der Waals surface area contributed by atoms with Crippen LogP contribution in [0.25, 0.3) is 0 Å². The Bertz CT molecular complexity index is 444. The fourth-order valence-corrected chi connectivity index (χ4v) is 2.51. The molecule has 0 fully saturated rings. The molecular weight excluding hydrogens is 442 g/mol. The molecule has 0 saturated carbocycles. The number of hydrogen-bond acceptors (Lipinski definition) is 0. The maximum Gasteiger partial charge on any atom is 0.389 e. The van der Waals surface area contributed by atoms with Crippen LogP contribution in [0.1, 0.15) is 12.8 Å². The number of halogens is 15. The molecule has 0 nitrogen and oxygen atoms in total. The summed E-state index contributed by atoms with van der Waals surface area (Å²) in [5.74, 6) is -28.2. The van der Waals surface area contributed by atoms with Crippen molar-refractivity contribution in [3.8, 4) is 0 Å². The van der Waals surface area contributed by atoms with Crippen LogP contribution in [-0.2, 0) is 0 Å². The lowest BCUT2D eigenvalue weighted by molar-refractivity contribution is -0.392. The lowest BCUT2D eigenvalue weighted by Gasteiger charge is -2.39. The average molecular weight is 447 g/mol. The molecule has 0 aliphatic carbocycles. The van der Waals surface area contributed by atoms with Crippen molar-refractivity contribution in [3.05, 3.63) is 0 Å². The summed E-state index contributed by atoms with van der Waals surface area (Å²) in [4.78, 5) is 0. The molecule has 0 spiro atoms. The molecule has 0 heterocycles. The second-order valence-corrected chi connectivity index (χ2v) is 9.08. The summed E-state index contributed by atoms with van der Waals surface area (Å²) in [6.45, 7) is 0. The van der Waals surface area contributed by atoms with E-state index in [1.165, 1.54) is 0 Å². The van der Waals surface area contributed by atoms with Gasteiger partial charge in [-0.1, -0.05) is 0 Å². The number of rotatable bonds is 7. The fraction of sp³-hybridized carbons (Fsp3) is 1.00. The van der Waals surface area contributed by atoms with Gasteiger partial charge < -0.3 is 0 Å². The first-order valence-electron chi connectivity index (χ1n) is 5.39. The Morgan fingerprint density at radius 3 is 1.21 bits per heavy atom. The number of hydrogen-bond donors (Lipinski definition) is 0. The monoisotopic (exact) mass is 446 g/mol. The zero-order valence-corrected chi connectivity index (χ0v) is 13.3. The van der Waals surface area contributed by atoms with E-state index in [9.17, 15) is 57.1 Å². The highest BCUT2D eigenvalue weighted by atomic mass is 35.7. The van der Waals surface area contributed by atoms with Crippen molar-refractivity contribution >= 4 is 29.6 Å². The SMILES string of the molecule is FC(F)(F)CCC(F)(F)C(F)(F)C(F)(F)C(F)(F)C(F)(F)[SiH](Cl)Cl. The third-order valence-corrected chi connectivity index (χ3v) is 5.22. The van der Waals surface area contributed by atoms with Crippen LogP contribution < -0.4 is 0 Å². The van der Waals surface area contributed by atoms with Crippen molar-refractivity contribution in [1.82, 2.24) is 0 Å². The molecule has 0 aliphatic heterocycles. The normalized spacial score (nSPS) is 16.0.